The maximum absolute atomic E-state index is 12.5. The van der Waals surface area contributed by atoms with Gasteiger partial charge in [-0.3, -0.25) is 4.68 Å². The third-order valence-corrected chi connectivity index (χ3v) is 4.37. The Morgan fingerprint density at radius 2 is 1.83 bits per heavy atom. The summed E-state index contributed by atoms with van der Waals surface area (Å²) in [5.41, 5.74) is 2.00. The van der Waals surface area contributed by atoms with Gasteiger partial charge < -0.3 is 9.84 Å². The molecule has 0 aliphatic rings. The van der Waals surface area contributed by atoms with Crippen molar-refractivity contribution in [3.63, 3.8) is 0 Å². The number of hydrogen-bond acceptors (Lipinski definition) is 4. The lowest BCUT2D eigenvalue weighted by molar-refractivity contribution is -0.274. The van der Waals surface area contributed by atoms with Gasteiger partial charge in [0.25, 0.3) is 0 Å². The van der Waals surface area contributed by atoms with Crippen LogP contribution in [0.5, 0.6) is 5.75 Å². The summed E-state index contributed by atoms with van der Waals surface area (Å²) in [6, 6.07) is 16.2. The van der Waals surface area contributed by atoms with Crippen LogP contribution in [0.1, 0.15) is 16.1 Å². The molecule has 2 heterocycles. The monoisotopic (exact) mass is 413 g/mol. The minimum absolute atomic E-state index is 0.104. The molecule has 152 valence electrons. The lowest BCUT2D eigenvalue weighted by atomic mass is 10.1. The molecule has 0 bridgehead atoms. The largest absolute Gasteiger partial charge is 0.573 e. The van der Waals surface area contributed by atoms with Crippen molar-refractivity contribution in [2.75, 3.05) is 0 Å². The Hall–Kier alpha value is -3.88. The summed E-state index contributed by atoms with van der Waals surface area (Å²) in [6.07, 6.45) is -3.44. The van der Waals surface area contributed by atoms with Gasteiger partial charge in [-0.2, -0.15) is 5.10 Å². The Kier molecular flexibility index (Phi) is 4.86. The Morgan fingerprint density at radius 3 is 2.53 bits per heavy atom. The van der Waals surface area contributed by atoms with Crippen molar-refractivity contribution in [3.05, 3.63) is 78.1 Å². The summed E-state index contributed by atoms with van der Waals surface area (Å²) in [7, 11) is 0. The second-order valence-corrected chi connectivity index (χ2v) is 6.43. The van der Waals surface area contributed by atoms with Gasteiger partial charge in [-0.05, 0) is 23.8 Å². The highest BCUT2D eigenvalue weighted by Crippen LogP contribution is 2.32. The lowest BCUT2D eigenvalue weighted by Crippen LogP contribution is -2.17. The van der Waals surface area contributed by atoms with Gasteiger partial charge in [0, 0.05) is 11.8 Å². The van der Waals surface area contributed by atoms with Crippen molar-refractivity contribution >= 4 is 16.9 Å². The first-order valence-corrected chi connectivity index (χ1v) is 8.81. The molecule has 9 heteroatoms. The molecule has 1 N–H and O–H groups in total. The Bertz CT molecular complexity index is 1220. The van der Waals surface area contributed by atoms with E-state index in [2.05, 4.69) is 14.8 Å². The van der Waals surface area contributed by atoms with E-state index < -0.39 is 12.3 Å². The number of ether oxygens (including phenoxy) is 1. The number of nitrogens with zero attached hydrogens (tertiary/aromatic N) is 3. The molecule has 0 aliphatic heterocycles. The van der Waals surface area contributed by atoms with E-state index in [-0.39, 0.29) is 18.0 Å². The summed E-state index contributed by atoms with van der Waals surface area (Å²) in [5, 5.41) is 14.4. The zero-order chi connectivity index (χ0) is 21.3. The number of pyridine rings is 1. The van der Waals surface area contributed by atoms with Crippen LogP contribution >= 0.6 is 0 Å². The second kappa shape index (κ2) is 7.51. The zero-order valence-corrected chi connectivity index (χ0v) is 15.3. The minimum Gasteiger partial charge on any atom is -0.476 e. The van der Waals surface area contributed by atoms with Gasteiger partial charge in [0.1, 0.15) is 5.75 Å². The number of carbonyl (C=O) groups is 1. The molecule has 4 aromatic rings. The first-order valence-electron chi connectivity index (χ1n) is 8.81. The summed E-state index contributed by atoms with van der Waals surface area (Å²) in [6.45, 7) is 0.104. The summed E-state index contributed by atoms with van der Waals surface area (Å²) < 4.78 is 43.2. The van der Waals surface area contributed by atoms with E-state index in [1.807, 2.05) is 6.07 Å². The van der Waals surface area contributed by atoms with Gasteiger partial charge in [-0.1, -0.05) is 42.5 Å². The number of aromatic nitrogens is 3. The van der Waals surface area contributed by atoms with Crippen LogP contribution in [-0.2, 0) is 6.54 Å². The van der Waals surface area contributed by atoms with Crippen molar-refractivity contribution < 1.29 is 27.8 Å². The molecule has 0 spiro atoms. The Balaban J connectivity index is 1.85. The van der Waals surface area contributed by atoms with Crippen molar-refractivity contribution in [3.8, 4) is 17.0 Å². The quantitative estimate of drug-likeness (QED) is 0.511. The summed E-state index contributed by atoms with van der Waals surface area (Å²) in [4.78, 5) is 15.7. The number of aromatic carboxylic acids is 1. The molecular formula is C21H14F3N3O3. The highest BCUT2D eigenvalue weighted by molar-refractivity contribution is 6.06. The number of halogens is 3. The van der Waals surface area contributed by atoms with Gasteiger partial charge in [-0.15, -0.1) is 13.2 Å². The van der Waals surface area contributed by atoms with E-state index in [1.54, 1.807) is 41.1 Å². The third kappa shape index (κ3) is 3.95. The molecule has 4 rings (SSSR count). The molecule has 0 saturated heterocycles. The lowest BCUT2D eigenvalue weighted by Gasteiger charge is -2.12. The van der Waals surface area contributed by atoms with E-state index in [4.69, 9.17) is 0 Å². The molecule has 2 aromatic carbocycles. The number of alkyl halides is 3. The molecule has 0 amide bonds. The summed E-state index contributed by atoms with van der Waals surface area (Å²) in [5.74, 6) is -1.54. The molecule has 0 radical (unpaired) electrons. The number of rotatable bonds is 5. The minimum atomic E-state index is -4.80. The normalized spacial score (nSPS) is 11.6. The molecule has 0 unspecified atom stereocenters. The van der Waals surface area contributed by atoms with E-state index >= 15 is 0 Å². The fourth-order valence-corrected chi connectivity index (χ4v) is 3.26. The molecule has 0 fully saturated rings. The van der Waals surface area contributed by atoms with Gasteiger partial charge in [0.15, 0.2) is 5.69 Å². The molecule has 0 aliphatic carbocycles. The number of benzene rings is 2. The van der Waals surface area contributed by atoms with Gasteiger partial charge in [0.05, 0.1) is 23.1 Å². The van der Waals surface area contributed by atoms with Crippen LogP contribution < -0.4 is 4.74 Å². The smallest absolute Gasteiger partial charge is 0.476 e. The van der Waals surface area contributed by atoms with Crippen LogP contribution in [0.3, 0.4) is 0 Å². The first-order chi connectivity index (χ1) is 14.3. The number of carboxylic acids is 1. The maximum atomic E-state index is 12.5. The molecule has 0 saturated carbocycles. The molecular weight excluding hydrogens is 399 g/mol. The van der Waals surface area contributed by atoms with Crippen molar-refractivity contribution in [2.45, 2.75) is 12.9 Å². The average Bonchev–Trinajstić information content (AvgIpc) is 3.05. The summed E-state index contributed by atoms with van der Waals surface area (Å²) >= 11 is 0. The van der Waals surface area contributed by atoms with Crippen molar-refractivity contribution in [1.29, 1.82) is 0 Å². The Morgan fingerprint density at radius 1 is 1.07 bits per heavy atom. The Labute approximate surface area is 168 Å². The van der Waals surface area contributed by atoms with Crippen LogP contribution in [0.15, 0.2) is 66.9 Å². The SMILES string of the molecule is O=C(O)c1nccc2nn(Cc3cccc(OC(F)(F)F)c3)c(-c3ccccc3)c12. The van der Waals surface area contributed by atoms with Crippen LogP contribution in [0.2, 0.25) is 0 Å². The molecule has 2 aromatic heterocycles. The van der Waals surface area contributed by atoms with Gasteiger partial charge in [0.2, 0.25) is 0 Å². The topological polar surface area (TPSA) is 77.2 Å². The first kappa shape index (κ1) is 19.4. The molecule has 30 heavy (non-hydrogen) atoms. The fraction of sp³-hybridized carbons (Fsp3) is 0.0952. The van der Waals surface area contributed by atoms with E-state index in [0.717, 1.165) is 0 Å². The molecule has 0 atom stereocenters. The fourth-order valence-electron chi connectivity index (χ4n) is 3.26. The number of hydrogen-bond donors (Lipinski definition) is 1. The maximum Gasteiger partial charge on any atom is 0.573 e. The van der Waals surface area contributed by atoms with Crippen LogP contribution in [0, 0.1) is 0 Å². The number of fused-ring (bicyclic) bond motifs is 1. The highest BCUT2D eigenvalue weighted by Gasteiger charge is 2.31. The van der Waals surface area contributed by atoms with Crippen molar-refractivity contribution in [2.24, 2.45) is 0 Å². The van der Waals surface area contributed by atoms with Crippen LogP contribution in [0.4, 0.5) is 13.2 Å². The third-order valence-electron chi connectivity index (χ3n) is 4.37. The van der Waals surface area contributed by atoms with Crippen molar-refractivity contribution in [1.82, 2.24) is 14.8 Å². The zero-order valence-electron chi connectivity index (χ0n) is 15.3. The van der Waals surface area contributed by atoms with Gasteiger partial charge >= 0.3 is 12.3 Å². The molecule has 6 nitrogen and oxygen atoms in total. The van der Waals surface area contributed by atoms with E-state index in [9.17, 15) is 23.1 Å². The van der Waals surface area contributed by atoms with Crippen LogP contribution in [0.25, 0.3) is 22.2 Å². The highest BCUT2D eigenvalue weighted by atomic mass is 19.4. The van der Waals surface area contributed by atoms with E-state index in [1.165, 1.54) is 24.4 Å². The predicted molar refractivity (Wildman–Crippen MR) is 102 cm³/mol. The van der Waals surface area contributed by atoms with Crippen LogP contribution in [-0.4, -0.2) is 32.2 Å². The standard InChI is InChI=1S/C21H14F3N3O3/c22-21(23,24)30-15-8-4-5-13(11-15)12-27-19(14-6-2-1-3-7-14)17-16(26-27)9-10-25-18(17)20(28)29/h1-11H,12H2,(H,28,29). The van der Waals surface area contributed by atoms with E-state index in [0.29, 0.717) is 27.7 Å². The second-order valence-electron chi connectivity index (χ2n) is 6.43. The van der Waals surface area contributed by atoms with Gasteiger partial charge in [-0.25, -0.2) is 9.78 Å². The predicted octanol–water partition coefficient (Wildman–Crippen LogP) is 4.74. The average molecular weight is 413 g/mol. The number of carboxylic acid groups (broad SMARTS) is 1.